The van der Waals surface area contributed by atoms with Crippen molar-refractivity contribution < 1.29 is 4.76 Å². The number of allylic oxidation sites excluding steroid dienone is 8. The first kappa shape index (κ1) is 15.6. The zero-order valence-electron chi connectivity index (χ0n) is 14.5. The van der Waals surface area contributed by atoms with E-state index in [1.54, 1.807) is 0 Å². The monoisotopic (exact) mass is 324 g/mol. The average Bonchev–Trinajstić information content (AvgIpc) is 2.58. The summed E-state index contributed by atoms with van der Waals surface area (Å²) in [5.74, 6) is 0. The molecule has 0 aromatic rings. The summed E-state index contributed by atoms with van der Waals surface area (Å²) in [7, 11) is 0. The van der Waals surface area contributed by atoms with Gasteiger partial charge >= 0.3 is 0 Å². The summed E-state index contributed by atoms with van der Waals surface area (Å²) < 4.78 is 1.00. The van der Waals surface area contributed by atoms with Crippen LogP contribution in [0.2, 0.25) is 0 Å². The van der Waals surface area contributed by atoms with E-state index < -0.39 is 0 Å². The van der Waals surface area contributed by atoms with Crippen molar-refractivity contribution in [2.45, 2.75) is 65.2 Å². The Bertz CT molecular complexity index is 777. The Morgan fingerprint density at radius 1 is 0.917 bits per heavy atom. The molecule has 0 saturated carbocycles. The number of hydroxylamine groups is 2. The molecule has 24 heavy (non-hydrogen) atoms. The van der Waals surface area contributed by atoms with Crippen LogP contribution in [0.1, 0.15) is 65.2 Å². The quantitative estimate of drug-likeness (QED) is 0.564. The molecule has 0 aromatic heterocycles. The molecule has 2 aliphatic carbocycles. The van der Waals surface area contributed by atoms with E-state index in [4.69, 9.17) is 0 Å². The molecule has 4 nitrogen and oxygen atoms in total. The molecule has 0 unspecified atom stereocenters. The normalized spacial score (nSPS) is 27.8. The van der Waals surface area contributed by atoms with Crippen LogP contribution in [-0.4, -0.2) is 9.82 Å². The van der Waals surface area contributed by atoms with E-state index >= 15 is 0 Å². The first-order valence-corrected chi connectivity index (χ1v) is 9.08. The predicted molar refractivity (Wildman–Crippen MR) is 94.4 cm³/mol. The van der Waals surface area contributed by atoms with Gasteiger partial charge in [-0.1, -0.05) is 0 Å². The Labute approximate surface area is 143 Å². The van der Waals surface area contributed by atoms with Crippen molar-refractivity contribution in [3.8, 4) is 0 Å². The number of hydrogen-bond acceptors (Lipinski definition) is 3. The van der Waals surface area contributed by atoms with Crippen molar-refractivity contribution in [2.75, 3.05) is 0 Å². The lowest BCUT2D eigenvalue weighted by atomic mass is 9.82. The Balaban J connectivity index is 1.98. The van der Waals surface area contributed by atoms with E-state index in [-0.39, 0.29) is 0 Å². The average molecular weight is 324 g/mol. The van der Waals surface area contributed by atoms with E-state index in [2.05, 4.69) is 0 Å². The summed E-state index contributed by atoms with van der Waals surface area (Å²) in [6, 6.07) is 0. The van der Waals surface area contributed by atoms with Crippen LogP contribution >= 0.6 is 0 Å². The summed E-state index contributed by atoms with van der Waals surface area (Å²) in [4.78, 5) is 13.0. The van der Waals surface area contributed by atoms with Crippen LogP contribution in [0.25, 0.3) is 0 Å². The molecule has 0 bridgehead atoms. The highest BCUT2D eigenvalue weighted by atomic mass is 16.5. The van der Waals surface area contributed by atoms with E-state index in [0.29, 0.717) is 22.8 Å². The SMILES string of the molecule is CC1=CC2=C(CCCC2)C(=C2C3=C(C=C(C)[N+]2=O)CCCC3)N1[O-]. The molecule has 0 amide bonds. The molecule has 0 fully saturated rings. The van der Waals surface area contributed by atoms with Crippen LogP contribution < -0.4 is 0 Å². The Hall–Kier alpha value is -1.94. The van der Waals surface area contributed by atoms with Crippen LogP contribution in [0.3, 0.4) is 0 Å². The summed E-state index contributed by atoms with van der Waals surface area (Å²) in [5.41, 5.74) is 7.35. The maximum atomic E-state index is 13.0. The second kappa shape index (κ2) is 5.85. The summed E-state index contributed by atoms with van der Waals surface area (Å²) in [6.45, 7) is 3.70. The highest BCUT2D eigenvalue weighted by molar-refractivity contribution is 5.54. The lowest BCUT2D eigenvalue weighted by Crippen LogP contribution is -2.28. The van der Waals surface area contributed by atoms with E-state index in [1.807, 2.05) is 26.0 Å². The molecule has 2 heterocycles. The highest BCUT2D eigenvalue weighted by Gasteiger charge is 2.39. The van der Waals surface area contributed by atoms with Crippen molar-refractivity contribution in [1.82, 2.24) is 5.06 Å². The van der Waals surface area contributed by atoms with Crippen molar-refractivity contribution in [3.05, 3.63) is 67.3 Å². The standard InChI is InChI=1S/C20H24N2O2/c1-13-11-15-7-3-5-9-17(15)19(21(13)23)20-18-10-6-4-8-16(18)12-14(2)22(20)24/h11-12H,3-10H2,1-2H3. The van der Waals surface area contributed by atoms with Crippen LogP contribution in [0.5, 0.6) is 0 Å². The van der Waals surface area contributed by atoms with Gasteiger partial charge < -0.3 is 10.3 Å². The molecule has 2 aliphatic heterocycles. The van der Waals surface area contributed by atoms with Crippen molar-refractivity contribution >= 4 is 0 Å². The second-order valence-corrected chi connectivity index (χ2v) is 7.28. The summed E-state index contributed by atoms with van der Waals surface area (Å²) in [5, 5.41) is 14.0. The molecular formula is C20H24N2O2. The van der Waals surface area contributed by atoms with Gasteiger partial charge in [0.05, 0.1) is 4.76 Å². The molecule has 126 valence electrons. The molecule has 0 saturated heterocycles. The van der Waals surface area contributed by atoms with Crippen molar-refractivity contribution in [2.24, 2.45) is 0 Å². The summed E-state index contributed by atoms with van der Waals surface area (Å²) >= 11 is 0. The fourth-order valence-corrected chi connectivity index (χ4v) is 4.41. The van der Waals surface area contributed by atoms with Gasteiger partial charge in [-0.3, -0.25) is 0 Å². The number of nitroso groups, excluding NO2 is 1. The third-order valence-electron chi connectivity index (χ3n) is 5.63. The Morgan fingerprint density at radius 2 is 1.50 bits per heavy atom. The molecule has 4 heteroatoms. The van der Waals surface area contributed by atoms with E-state index in [9.17, 15) is 10.1 Å². The van der Waals surface area contributed by atoms with Crippen molar-refractivity contribution in [3.63, 3.8) is 0 Å². The van der Waals surface area contributed by atoms with Crippen molar-refractivity contribution in [1.29, 1.82) is 0 Å². The van der Waals surface area contributed by atoms with Gasteiger partial charge in [-0.2, -0.15) is 0 Å². The first-order valence-electron chi connectivity index (χ1n) is 9.08. The Kier molecular flexibility index (Phi) is 3.80. The molecule has 0 atom stereocenters. The maximum Gasteiger partial charge on any atom is 0.289 e. The smallest absolute Gasteiger partial charge is 0.289 e. The van der Waals surface area contributed by atoms with Crippen LogP contribution in [0, 0.1) is 10.1 Å². The van der Waals surface area contributed by atoms with Crippen LogP contribution in [-0.2, 0) is 0 Å². The maximum absolute atomic E-state index is 13.0. The highest BCUT2D eigenvalue weighted by Crippen LogP contribution is 2.44. The van der Waals surface area contributed by atoms with Gasteiger partial charge in [0.25, 0.3) is 5.70 Å². The topological polar surface area (TPSA) is 46.4 Å². The second-order valence-electron chi connectivity index (χ2n) is 7.28. The molecule has 0 N–H and O–H groups in total. The minimum atomic E-state index is 0.626. The van der Waals surface area contributed by atoms with Gasteiger partial charge in [0.1, 0.15) is 5.70 Å². The summed E-state index contributed by atoms with van der Waals surface area (Å²) in [6.07, 6.45) is 12.4. The first-order chi connectivity index (χ1) is 11.6. The molecule has 0 aromatic carbocycles. The van der Waals surface area contributed by atoms with Gasteiger partial charge in [-0.15, -0.1) is 0 Å². The number of nitrogens with zero attached hydrogens (tertiary/aromatic N) is 2. The minimum Gasteiger partial charge on any atom is -0.754 e. The lowest BCUT2D eigenvalue weighted by molar-refractivity contribution is -0.445. The predicted octanol–water partition coefficient (Wildman–Crippen LogP) is 5.35. The van der Waals surface area contributed by atoms with Gasteiger partial charge in [0.2, 0.25) is 5.70 Å². The van der Waals surface area contributed by atoms with Gasteiger partial charge in [0, 0.05) is 29.2 Å². The third-order valence-corrected chi connectivity index (χ3v) is 5.63. The fraction of sp³-hybridized carbons (Fsp3) is 0.500. The van der Waals surface area contributed by atoms with Gasteiger partial charge in [0.15, 0.2) is 0 Å². The van der Waals surface area contributed by atoms with Crippen LogP contribution in [0.15, 0.2) is 57.2 Å². The molecule has 0 spiro atoms. The van der Waals surface area contributed by atoms with E-state index in [1.165, 1.54) is 11.1 Å². The number of hydrogen-bond donors (Lipinski definition) is 0. The molecular weight excluding hydrogens is 300 g/mol. The third kappa shape index (κ3) is 2.32. The minimum absolute atomic E-state index is 0.626. The fourth-order valence-electron chi connectivity index (χ4n) is 4.41. The van der Waals surface area contributed by atoms with E-state index in [0.717, 1.165) is 72.3 Å². The largest absolute Gasteiger partial charge is 0.754 e. The number of rotatable bonds is 0. The van der Waals surface area contributed by atoms with Gasteiger partial charge in [-0.25, -0.2) is 0 Å². The zero-order valence-corrected chi connectivity index (χ0v) is 14.5. The molecule has 4 rings (SSSR count). The molecule has 4 aliphatic rings. The molecule has 0 radical (unpaired) electrons. The lowest BCUT2D eigenvalue weighted by Gasteiger charge is -2.40. The Morgan fingerprint density at radius 3 is 2.21 bits per heavy atom. The zero-order chi connectivity index (χ0) is 16.8. The van der Waals surface area contributed by atoms with Crippen LogP contribution in [0.4, 0.5) is 0 Å². The van der Waals surface area contributed by atoms with Gasteiger partial charge in [-0.05, 0) is 81.1 Å².